The van der Waals surface area contributed by atoms with E-state index in [2.05, 4.69) is 48.8 Å². The number of ether oxygens (including phenoxy) is 1. The third-order valence-electron chi connectivity index (χ3n) is 10.3. The Kier molecular flexibility index (Phi) is 10.1. The summed E-state index contributed by atoms with van der Waals surface area (Å²) in [6, 6.07) is 8.65. The fraction of sp³-hybridized carbons (Fsp3) is 0.472. The van der Waals surface area contributed by atoms with E-state index in [4.69, 9.17) is 21.2 Å². The number of benzene rings is 2. The van der Waals surface area contributed by atoms with Gasteiger partial charge in [0.15, 0.2) is 5.82 Å². The molecule has 2 atom stereocenters. The van der Waals surface area contributed by atoms with E-state index in [1.165, 1.54) is 30.3 Å². The maximum absolute atomic E-state index is 14.9. The number of hydrogen-bond acceptors (Lipinski definition) is 10. The number of piperazine rings is 1. The number of methoxy groups -OCH3 is 1. The number of nitrogens with zero attached hydrogens (tertiary/aromatic N) is 6. The lowest BCUT2D eigenvalue weighted by molar-refractivity contribution is -0.111. The molecule has 4 fully saturated rings. The summed E-state index contributed by atoms with van der Waals surface area (Å²) < 4.78 is 35.0. The van der Waals surface area contributed by atoms with Gasteiger partial charge in [-0.25, -0.2) is 23.8 Å². The van der Waals surface area contributed by atoms with Gasteiger partial charge in [0.2, 0.25) is 5.91 Å². The molecule has 11 nitrogen and oxygen atoms in total. The SMILES string of the molecule is C=CC(=O)Nc1cc(Nc2cc(N3OCC[C@@H]3c3c(F)ccc(F)c3Cl)ncn2)c(OC)cc1N1CCC(N2CCN(C3CC3)[C@H](C)C2)CC1. The number of amides is 1. The predicted molar refractivity (Wildman–Crippen MR) is 190 cm³/mol. The Bertz CT molecular complexity index is 1740. The average molecular weight is 709 g/mol. The maximum Gasteiger partial charge on any atom is 0.247 e. The van der Waals surface area contributed by atoms with Crippen LogP contribution in [0.1, 0.15) is 50.6 Å². The lowest BCUT2D eigenvalue weighted by atomic mass is 9.99. The third-order valence-corrected chi connectivity index (χ3v) is 10.7. The molecule has 7 rings (SSSR count). The maximum atomic E-state index is 14.9. The molecule has 1 saturated carbocycles. The lowest BCUT2D eigenvalue weighted by Gasteiger charge is -2.46. The smallest absolute Gasteiger partial charge is 0.247 e. The number of piperidine rings is 1. The van der Waals surface area contributed by atoms with Gasteiger partial charge in [-0.1, -0.05) is 18.2 Å². The molecule has 3 aromatic rings. The molecule has 0 unspecified atom stereocenters. The zero-order valence-corrected chi connectivity index (χ0v) is 29.1. The van der Waals surface area contributed by atoms with Crippen molar-refractivity contribution < 1.29 is 23.1 Å². The van der Waals surface area contributed by atoms with Gasteiger partial charge in [-0.2, -0.15) is 0 Å². The molecule has 14 heteroatoms. The number of nitrogens with one attached hydrogen (secondary N) is 2. The van der Waals surface area contributed by atoms with E-state index in [0.717, 1.165) is 69.4 Å². The minimum absolute atomic E-state index is 0.00638. The van der Waals surface area contributed by atoms with E-state index >= 15 is 0 Å². The van der Waals surface area contributed by atoms with Gasteiger partial charge in [0.1, 0.15) is 29.5 Å². The Labute approximate surface area is 296 Å². The Balaban J connectivity index is 1.09. The number of anilines is 5. The topological polar surface area (TPSA) is 98.3 Å². The highest BCUT2D eigenvalue weighted by Crippen LogP contribution is 2.42. The first-order valence-electron chi connectivity index (χ1n) is 17.3. The second kappa shape index (κ2) is 14.7. The molecule has 4 aliphatic rings. The van der Waals surface area contributed by atoms with Gasteiger partial charge in [-0.15, -0.1) is 0 Å². The van der Waals surface area contributed by atoms with E-state index in [9.17, 15) is 13.6 Å². The molecule has 4 heterocycles. The number of hydroxylamine groups is 1. The van der Waals surface area contributed by atoms with Crippen LogP contribution in [-0.2, 0) is 9.63 Å². The first-order chi connectivity index (χ1) is 24.2. The van der Waals surface area contributed by atoms with Crippen molar-refractivity contribution in [3.8, 4) is 5.75 Å². The molecular formula is C36H43ClF2N8O3. The van der Waals surface area contributed by atoms with Gasteiger partial charge < -0.3 is 20.3 Å². The first kappa shape index (κ1) is 34.4. The van der Waals surface area contributed by atoms with Gasteiger partial charge in [0.25, 0.3) is 0 Å². The van der Waals surface area contributed by atoms with Crippen molar-refractivity contribution >= 4 is 46.2 Å². The summed E-state index contributed by atoms with van der Waals surface area (Å²) in [6.07, 6.45) is 7.71. The summed E-state index contributed by atoms with van der Waals surface area (Å²) in [4.78, 5) is 34.8. The number of hydrogen-bond donors (Lipinski definition) is 2. The van der Waals surface area contributed by atoms with Crippen LogP contribution in [0.15, 0.2) is 49.3 Å². The highest BCUT2D eigenvalue weighted by Gasteiger charge is 2.38. The van der Waals surface area contributed by atoms with Gasteiger partial charge in [-0.3, -0.25) is 19.4 Å². The van der Waals surface area contributed by atoms with Crippen molar-refractivity contribution in [2.45, 2.75) is 63.2 Å². The van der Waals surface area contributed by atoms with E-state index in [1.54, 1.807) is 13.2 Å². The van der Waals surface area contributed by atoms with E-state index in [-0.39, 0.29) is 23.1 Å². The summed E-state index contributed by atoms with van der Waals surface area (Å²) >= 11 is 6.20. The summed E-state index contributed by atoms with van der Waals surface area (Å²) in [6.45, 7) is 11.3. The quantitative estimate of drug-likeness (QED) is 0.184. The minimum atomic E-state index is -0.712. The molecule has 1 aliphatic carbocycles. The number of aromatic nitrogens is 2. The average Bonchev–Trinajstić information content (AvgIpc) is 3.86. The number of rotatable bonds is 10. The molecule has 1 amide bonds. The van der Waals surface area contributed by atoms with E-state index < -0.39 is 17.7 Å². The Morgan fingerprint density at radius 2 is 1.80 bits per heavy atom. The normalized spacial score (nSPS) is 22.1. The molecule has 266 valence electrons. The van der Waals surface area contributed by atoms with Gasteiger partial charge >= 0.3 is 0 Å². The number of halogens is 3. The van der Waals surface area contributed by atoms with Crippen molar-refractivity contribution in [3.63, 3.8) is 0 Å². The second-order valence-corrected chi connectivity index (χ2v) is 13.8. The van der Waals surface area contributed by atoms with Crippen LogP contribution < -0.4 is 25.3 Å². The molecular weight excluding hydrogens is 666 g/mol. The summed E-state index contributed by atoms with van der Waals surface area (Å²) in [5.74, 6) is -0.409. The zero-order valence-electron chi connectivity index (χ0n) is 28.4. The number of carbonyl (C=O) groups is 1. The molecule has 3 saturated heterocycles. The second-order valence-electron chi connectivity index (χ2n) is 13.4. The lowest BCUT2D eigenvalue weighted by Crippen LogP contribution is -2.57. The van der Waals surface area contributed by atoms with Crippen molar-refractivity contribution in [1.82, 2.24) is 19.8 Å². The van der Waals surface area contributed by atoms with E-state index in [0.29, 0.717) is 47.3 Å². The highest BCUT2D eigenvalue weighted by atomic mass is 35.5. The first-order valence-corrected chi connectivity index (χ1v) is 17.7. The van der Waals surface area contributed by atoms with Crippen LogP contribution in [0.2, 0.25) is 5.02 Å². The van der Waals surface area contributed by atoms with E-state index in [1.807, 2.05) is 12.1 Å². The van der Waals surface area contributed by atoms with Crippen LogP contribution in [0.4, 0.5) is 37.5 Å². The van der Waals surface area contributed by atoms with Crippen LogP contribution in [0.5, 0.6) is 5.75 Å². The minimum Gasteiger partial charge on any atom is -0.494 e. The van der Waals surface area contributed by atoms with Crippen LogP contribution in [0, 0.1) is 11.6 Å². The molecule has 2 N–H and O–H groups in total. The van der Waals surface area contributed by atoms with Crippen molar-refractivity contribution in [3.05, 3.63) is 71.5 Å². The van der Waals surface area contributed by atoms with Crippen molar-refractivity contribution in [1.29, 1.82) is 0 Å². The van der Waals surface area contributed by atoms with Gasteiger partial charge in [0, 0.05) is 75.0 Å². The Morgan fingerprint density at radius 3 is 2.52 bits per heavy atom. The summed E-state index contributed by atoms with van der Waals surface area (Å²) in [7, 11) is 1.59. The highest BCUT2D eigenvalue weighted by molar-refractivity contribution is 6.31. The van der Waals surface area contributed by atoms with Crippen LogP contribution in [0.3, 0.4) is 0 Å². The molecule has 50 heavy (non-hydrogen) atoms. The predicted octanol–water partition coefficient (Wildman–Crippen LogP) is 6.31. The standard InChI is InChI=1S/C36H43ClF2N8O3/c1-4-34(48)43-27-17-28(42-32-19-33(41-21-40-32)47-29(11-16-50-47)35-25(38)7-8-26(39)36(35)37)31(49-3)18-30(27)44-12-9-23(10-13-44)45-14-15-46(22(2)20-45)24-5-6-24/h4,7-8,17-19,21-24,29H,1,5-6,9-16,20H2,2-3H3,(H,43,48)(H,40,41,42)/t22-,29-/m1/s1. The van der Waals surface area contributed by atoms with Crippen LogP contribution in [0.25, 0.3) is 0 Å². The molecule has 0 spiro atoms. The van der Waals surface area contributed by atoms with Gasteiger partial charge in [0.05, 0.1) is 41.8 Å². The zero-order chi connectivity index (χ0) is 34.9. The molecule has 2 aromatic carbocycles. The van der Waals surface area contributed by atoms with Crippen molar-refractivity contribution in [2.24, 2.45) is 0 Å². The summed E-state index contributed by atoms with van der Waals surface area (Å²) in [5.41, 5.74) is 2.03. The molecule has 3 aliphatic heterocycles. The fourth-order valence-corrected chi connectivity index (χ4v) is 7.89. The Hall–Kier alpha value is -4.04. The van der Waals surface area contributed by atoms with Crippen LogP contribution >= 0.6 is 11.6 Å². The van der Waals surface area contributed by atoms with Crippen molar-refractivity contribution in [2.75, 3.05) is 67.0 Å². The third kappa shape index (κ3) is 7.09. The fourth-order valence-electron chi connectivity index (χ4n) is 7.61. The largest absolute Gasteiger partial charge is 0.494 e. The van der Waals surface area contributed by atoms with Gasteiger partial charge in [-0.05, 0) is 56.9 Å². The molecule has 0 bridgehead atoms. The summed E-state index contributed by atoms with van der Waals surface area (Å²) in [5, 5.41) is 7.39. The van der Waals surface area contributed by atoms with Crippen LogP contribution in [-0.4, -0.2) is 90.2 Å². The monoisotopic (exact) mass is 708 g/mol. The molecule has 1 aromatic heterocycles. The number of carbonyl (C=O) groups excluding carboxylic acids is 1. The Morgan fingerprint density at radius 1 is 1.02 bits per heavy atom. The molecule has 0 radical (unpaired) electrons.